The lowest BCUT2D eigenvalue weighted by Crippen LogP contribution is -2.40. The average Bonchev–Trinajstić information content (AvgIpc) is 2.91. The molecule has 0 unspecified atom stereocenters. The Morgan fingerprint density at radius 3 is 2.29 bits per heavy atom. The number of hydrogen-bond acceptors (Lipinski definition) is 4. The third-order valence-electron chi connectivity index (χ3n) is 2.98. The molecule has 1 fully saturated rings. The van der Waals surface area contributed by atoms with Gasteiger partial charge < -0.3 is 10.0 Å². The van der Waals surface area contributed by atoms with Crippen LogP contribution in [0.3, 0.4) is 0 Å². The van der Waals surface area contributed by atoms with E-state index in [0.717, 1.165) is 6.26 Å². The van der Waals surface area contributed by atoms with Gasteiger partial charge in [0.15, 0.2) is 0 Å². The Bertz CT molecular complexity index is 430. The molecular formula is C10H17NO5S. The maximum atomic E-state index is 11.8. The summed E-state index contributed by atoms with van der Waals surface area (Å²) in [5, 5.41) is 8.71. The van der Waals surface area contributed by atoms with Crippen molar-refractivity contribution in [3.05, 3.63) is 0 Å². The van der Waals surface area contributed by atoms with Crippen LogP contribution >= 0.6 is 0 Å². The standard InChI is InChI=1S/C10H17NO5S/c1-6(5-17(3,15)16)11(2)9(12)7-4-8(7)10(13)14/h6-8H,4-5H2,1-3H3,(H,13,14)/t6-,7+,8-/m1/s1. The summed E-state index contributed by atoms with van der Waals surface area (Å²) in [6, 6.07) is -0.437. The maximum absolute atomic E-state index is 11.8. The van der Waals surface area contributed by atoms with Crippen molar-refractivity contribution >= 4 is 21.7 Å². The van der Waals surface area contributed by atoms with Crippen LogP contribution in [0.5, 0.6) is 0 Å². The van der Waals surface area contributed by atoms with Crippen LogP contribution in [0.25, 0.3) is 0 Å². The lowest BCUT2D eigenvalue weighted by atomic mass is 10.2. The number of nitrogens with zero attached hydrogens (tertiary/aromatic N) is 1. The van der Waals surface area contributed by atoms with Gasteiger partial charge >= 0.3 is 5.97 Å². The van der Waals surface area contributed by atoms with E-state index in [2.05, 4.69) is 0 Å². The van der Waals surface area contributed by atoms with Crippen LogP contribution in [0, 0.1) is 11.8 Å². The fourth-order valence-electron chi connectivity index (χ4n) is 1.77. The minimum absolute atomic E-state index is 0.111. The fraction of sp³-hybridized carbons (Fsp3) is 0.800. The molecule has 0 saturated heterocycles. The number of aliphatic carboxylic acids is 1. The SMILES string of the molecule is C[C@H](CS(C)(=O)=O)N(C)C(=O)[C@H]1C[C@H]1C(=O)O. The molecule has 0 spiro atoms. The van der Waals surface area contributed by atoms with Gasteiger partial charge in [0.2, 0.25) is 5.91 Å². The molecule has 0 aromatic carbocycles. The van der Waals surface area contributed by atoms with Gasteiger partial charge in [-0.1, -0.05) is 0 Å². The van der Waals surface area contributed by atoms with E-state index in [4.69, 9.17) is 5.11 Å². The number of hydrogen-bond donors (Lipinski definition) is 1. The van der Waals surface area contributed by atoms with Crippen molar-refractivity contribution in [1.82, 2.24) is 4.90 Å². The van der Waals surface area contributed by atoms with Gasteiger partial charge in [-0.25, -0.2) is 8.42 Å². The van der Waals surface area contributed by atoms with E-state index in [1.54, 1.807) is 6.92 Å². The van der Waals surface area contributed by atoms with Crippen LogP contribution < -0.4 is 0 Å². The summed E-state index contributed by atoms with van der Waals surface area (Å²) in [7, 11) is -1.64. The van der Waals surface area contributed by atoms with E-state index >= 15 is 0 Å². The topological polar surface area (TPSA) is 91.8 Å². The van der Waals surface area contributed by atoms with Gasteiger partial charge in [0.05, 0.1) is 17.6 Å². The third-order valence-corrected chi connectivity index (χ3v) is 4.07. The quantitative estimate of drug-likeness (QED) is 0.728. The predicted octanol–water partition coefficient (Wildman–Crippen LogP) is -0.401. The predicted molar refractivity (Wildman–Crippen MR) is 61.2 cm³/mol. The summed E-state index contributed by atoms with van der Waals surface area (Å²) >= 11 is 0. The molecule has 1 saturated carbocycles. The van der Waals surface area contributed by atoms with Crippen molar-refractivity contribution in [3.8, 4) is 0 Å². The third kappa shape index (κ3) is 3.69. The van der Waals surface area contributed by atoms with E-state index in [0.29, 0.717) is 6.42 Å². The molecule has 1 N–H and O–H groups in total. The maximum Gasteiger partial charge on any atom is 0.307 e. The summed E-state index contributed by atoms with van der Waals surface area (Å²) in [6.07, 6.45) is 1.46. The Hall–Kier alpha value is -1.11. The average molecular weight is 263 g/mol. The van der Waals surface area contributed by atoms with Crippen LogP contribution in [0.1, 0.15) is 13.3 Å². The Labute approximate surface area is 101 Å². The first-order valence-corrected chi connectivity index (χ1v) is 7.36. The van der Waals surface area contributed by atoms with Crippen molar-refractivity contribution in [2.45, 2.75) is 19.4 Å². The molecule has 3 atom stereocenters. The lowest BCUT2D eigenvalue weighted by molar-refractivity contribution is -0.142. The molecule has 0 radical (unpaired) electrons. The molecule has 0 aromatic heterocycles. The monoisotopic (exact) mass is 263 g/mol. The molecule has 0 aromatic rings. The van der Waals surface area contributed by atoms with Gasteiger partial charge in [0.1, 0.15) is 9.84 Å². The Morgan fingerprint density at radius 2 is 1.94 bits per heavy atom. The van der Waals surface area contributed by atoms with Crippen molar-refractivity contribution in [3.63, 3.8) is 0 Å². The summed E-state index contributed by atoms with van der Waals surface area (Å²) in [4.78, 5) is 23.8. The van der Waals surface area contributed by atoms with E-state index in [1.807, 2.05) is 0 Å². The van der Waals surface area contributed by atoms with Gasteiger partial charge in [-0.3, -0.25) is 9.59 Å². The molecule has 7 heteroatoms. The molecule has 17 heavy (non-hydrogen) atoms. The molecule has 6 nitrogen and oxygen atoms in total. The largest absolute Gasteiger partial charge is 0.481 e. The summed E-state index contributed by atoms with van der Waals surface area (Å²) in [5.41, 5.74) is 0. The first-order chi connectivity index (χ1) is 7.63. The number of carboxylic acid groups (broad SMARTS) is 1. The van der Waals surface area contributed by atoms with Crippen LogP contribution in [-0.4, -0.2) is 55.4 Å². The Balaban J connectivity index is 2.56. The van der Waals surface area contributed by atoms with Gasteiger partial charge in [0.25, 0.3) is 0 Å². The zero-order chi connectivity index (χ0) is 13.4. The molecular weight excluding hydrogens is 246 g/mol. The number of amides is 1. The number of sulfone groups is 1. The van der Waals surface area contributed by atoms with Crippen molar-refractivity contribution in [1.29, 1.82) is 0 Å². The smallest absolute Gasteiger partial charge is 0.307 e. The first-order valence-electron chi connectivity index (χ1n) is 5.30. The van der Waals surface area contributed by atoms with Crippen LogP contribution in [0.4, 0.5) is 0 Å². The molecule has 1 aliphatic rings. The first kappa shape index (κ1) is 14.0. The number of carbonyl (C=O) groups is 2. The summed E-state index contributed by atoms with van der Waals surface area (Å²) in [5.74, 6) is -2.45. The summed E-state index contributed by atoms with van der Waals surface area (Å²) in [6.45, 7) is 1.64. The lowest BCUT2D eigenvalue weighted by Gasteiger charge is -2.24. The minimum atomic E-state index is -3.15. The van der Waals surface area contributed by atoms with Gasteiger partial charge in [0, 0.05) is 19.3 Å². The van der Waals surface area contributed by atoms with E-state index in [9.17, 15) is 18.0 Å². The van der Waals surface area contributed by atoms with Crippen molar-refractivity contribution in [2.24, 2.45) is 11.8 Å². The van der Waals surface area contributed by atoms with Crippen LogP contribution in [-0.2, 0) is 19.4 Å². The second-order valence-corrected chi connectivity index (χ2v) is 6.86. The molecule has 0 bridgehead atoms. The molecule has 1 aliphatic carbocycles. The van der Waals surface area contributed by atoms with Gasteiger partial charge in [-0.15, -0.1) is 0 Å². The van der Waals surface area contributed by atoms with E-state index in [1.165, 1.54) is 11.9 Å². The normalized spacial score (nSPS) is 25.1. The van der Waals surface area contributed by atoms with Gasteiger partial charge in [-0.05, 0) is 13.3 Å². The van der Waals surface area contributed by atoms with Crippen LogP contribution in [0.2, 0.25) is 0 Å². The molecule has 98 valence electrons. The van der Waals surface area contributed by atoms with Gasteiger partial charge in [-0.2, -0.15) is 0 Å². The fourth-order valence-corrected chi connectivity index (χ4v) is 2.87. The molecule has 0 heterocycles. The highest BCUT2D eigenvalue weighted by Crippen LogP contribution is 2.40. The van der Waals surface area contributed by atoms with E-state index in [-0.39, 0.29) is 11.7 Å². The minimum Gasteiger partial charge on any atom is -0.481 e. The Kier molecular flexibility index (Phi) is 3.81. The number of carbonyl (C=O) groups excluding carboxylic acids is 1. The highest BCUT2D eigenvalue weighted by atomic mass is 32.2. The number of carboxylic acids is 1. The second-order valence-electron chi connectivity index (χ2n) is 4.68. The second kappa shape index (κ2) is 4.64. The number of rotatable bonds is 5. The molecule has 1 rings (SSSR count). The molecule has 0 aliphatic heterocycles. The highest BCUT2D eigenvalue weighted by molar-refractivity contribution is 7.90. The van der Waals surface area contributed by atoms with Crippen molar-refractivity contribution in [2.75, 3.05) is 19.1 Å². The zero-order valence-corrected chi connectivity index (χ0v) is 10.9. The van der Waals surface area contributed by atoms with Crippen LogP contribution in [0.15, 0.2) is 0 Å². The van der Waals surface area contributed by atoms with Crippen molar-refractivity contribution < 1.29 is 23.1 Å². The van der Waals surface area contributed by atoms with E-state index < -0.39 is 33.7 Å². The zero-order valence-electron chi connectivity index (χ0n) is 10.1. The Morgan fingerprint density at radius 1 is 1.41 bits per heavy atom. The molecule has 1 amide bonds. The summed E-state index contributed by atoms with van der Waals surface area (Å²) < 4.78 is 22.2. The highest BCUT2D eigenvalue weighted by Gasteiger charge is 2.49.